The largest absolute Gasteiger partial charge is 0.396 e. The lowest BCUT2D eigenvalue weighted by Crippen LogP contribution is -2.63. The second-order valence-electron chi connectivity index (χ2n) is 12.6. The Morgan fingerprint density at radius 3 is 1.70 bits per heavy atom. The van der Waals surface area contributed by atoms with Gasteiger partial charge in [-0.25, -0.2) is 0 Å². The van der Waals surface area contributed by atoms with E-state index < -0.39 is 124 Å². The summed E-state index contributed by atoms with van der Waals surface area (Å²) in [6.07, 6.45) is -24.0. The van der Waals surface area contributed by atoms with E-state index in [4.69, 9.17) is 47.7 Å². The zero-order valence-electron chi connectivity index (χ0n) is 25.8. The number of aliphatic hydroxyl groups excluding tert-OH is 10. The van der Waals surface area contributed by atoms with Gasteiger partial charge >= 0.3 is 0 Å². The lowest BCUT2D eigenvalue weighted by atomic mass is 9.97. The van der Waals surface area contributed by atoms with E-state index in [1.807, 2.05) is 6.92 Å². The number of hydrogen-bond donors (Lipinski definition) is 10. The van der Waals surface area contributed by atoms with Gasteiger partial charge in [-0.05, 0) is 18.8 Å². The SMILES string of the molecule is CC1CCO[C@@H](O[C@@H]2CO[C@@H](O[C@@H]3CO[C@@H](O[C@@H]4CO[C@@H](CCO)C(O)C4O)C(O)C3O)C(O[C@@H]3O[C@@H](CO)C(O)C3O)C2O)C1O. The summed E-state index contributed by atoms with van der Waals surface area (Å²) in [4.78, 5) is 0. The Balaban J connectivity index is 1.23. The van der Waals surface area contributed by atoms with Gasteiger partial charge in [-0.1, -0.05) is 6.92 Å². The zero-order valence-corrected chi connectivity index (χ0v) is 25.8. The first kappa shape index (κ1) is 37.5. The molecule has 0 aromatic heterocycles. The van der Waals surface area contributed by atoms with Crippen LogP contribution in [-0.2, 0) is 42.6 Å². The van der Waals surface area contributed by atoms with Crippen LogP contribution < -0.4 is 0 Å². The topological polar surface area (TPSA) is 285 Å². The van der Waals surface area contributed by atoms with Crippen LogP contribution in [-0.4, -0.2) is 201 Å². The lowest BCUT2D eigenvalue weighted by molar-refractivity contribution is -0.366. The maximum absolute atomic E-state index is 11.4. The molecule has 5 rings (SSSR count). The first-order valence-corrected chi connectivity index (χ1v) is 15.8. The zero-order chi connectivity index (χ0) is 34.0. The highest BCUT2D eigenvalue weighted by Crippen LogP contribution is 2.33. The van der Waals surface area contributed by atoms with Crippen LogP contribution in [0.3, 0.4) is 0 Å². The monoisotopic (exact) mass is 688 g/mol. The van der Waals surface area contributed by atoms with E-state index in [-0.39, 0.29) is 32.2 Å². The highest BCUT2D eigenvalue weighted by Gasteiger charge is 2.52. The molecule has 10 N–H and O–H groups in total. The lowest BCUT2D eigenvalue weighted by Gasteiger charge is -2.45. The molecule has 5 fully saturated rings. The Hall–Kier alpha value is -0.760. The summed E-state index contributed by atoms with van der Waals surface area (Å²) in [6, 6.07) is 0. The summed E-state index contributed by atoms with van der Waals surface area (Å²) < 4.78 is 50.9. The third kappa shape index (κ3) is 8.25. The number of ether oxygens (including phenoxy) is 9. The molecule has 5 aliphatic rings. The Morgan fingerprint density at radius 1 is 0.532 bits per heavy atom. The summed E-state index contributed by atoms with van der Waals surface area (Å²) in [5.74, 6) is -0.147. The van der Waals surface area contributed by atoms with Gasteiger partial charge in [0.15, 0.2) is 25.2 Å². The van der Waals surface area contributed by atoms with Crippen LogP contribution in [0.25, 0.3) is 0 Å². The second-order valence-corrected chi connectivity index (χ2v) is 12.6. The van der Waals surface area contributed by atoms with Crippen molar-refractivity contribution in [2.75, 3.05) is 39.6 Å². The summed E-state index contributed by atoms with van der Waals surface area (Å²) in [5, 5.41) is 104. The van der Waals surface area contributed by atoms with E-state index in [1.165, 1.54) is 0 Å². The molecule has 0 aromatic rings. The Labute approximate surface area is 270 Å². The van der Waals surface area contributed by atoms with Gasteiger partial charge in [-0.3, -0.25) is 0 Å². The fraction of sp³-hybridized carbons (Fsp3) is 1.00. The molecule has 0 saturated carbocycles. The normalized spacial score (nSPS) is 51.3. The van der Waals surface area contributed by atoms with E-state index in [9.17, 15) is 46.0 Å². The highest BCUT2D eigenvalue weighted by molar-refractivity contribution is 4.94. The first-order valence-electron chi connectivity index (χ1n) is 15.8. The first-order chi connectivity index (χ1) is 22.4. The van der Waals surface area contributed by atoms with E-state index >= 15 is 0 Å². The van der Waals surface area contributed by atoms with Crippen molar-refractivity contribution < 1.29 is 93.7 Å². The second kappa shape index (κ2) is 16.5. The quantitative estimate of drug-likeness (QED) is 0.0967. The van der Waals surface area contributed by atoms with E-state index in [0.717, 1.165) is 0 Å². The van der Waals surface area contributed by atoms with Crippen LogP contribution in [0.5, 0.6) is 0 Å². The van der Waals surface area contributed by atoms with Gasteiger partial charge in [0.25, 0.3) is 0 Å². The molecule has 19 heteroatoms. The average molecular weight is 689 g/mol. The molecule has 0 amide bonds. The molecule has 19 atom stereocenters. The smallest absolute Gasteiger partial charge is 0.187 e. The summed E-state index contributed by atoms with van der Waals surface area (Å²) in [6.45, 7) is 0.338. The van der Waals surface area contributed by atoms with Crippen LogP contribution in [0.2, 0.25) is 0 Å². The molecule has 0 radical (unpaired) electrons. The van der Waals surface area contributed by atoms with Crippen molar-refractivity contribution in [1.29, 1.82) is 0 Å². The summed E-state index contributed by atoms with van der Waals surface area (Å²) >= 11 is 0. The van der Waals surface area contributed by atoms with Gasteiger partial charge in [-0.15, -0.1) is 0 Å². The average Bonchev–Trinajstić information content (AvgIpc) is 3.33. The number of hydrogen-bond acceptors (Lipinski definition) is 19. The minimum Gasteiger partial charge on any atom is -0.396 e. The van der Waals surface area contributed by atoms with Crippen LogP contribution in [0.4, 0.5) is 0 Å². The van der Waals surface area contributed by atoms with E-state index in [0.29, 0.717) is 13.0 Å². The number of rotatable bonds is 11. The molecule has 47 heavy (non-hydrogen) atoms. The molecule has 5 aliphatic heterocycles. The van der Waals surface area contributed by atoms with Gasteiger partial charge in [0.2, 0.25) is 0 Å². The maximum Gasteiger partial charge on any atom is 0.187 e. The van der Waals surface area contributed by atoms with Crippen LogP contribution in [0.1, 0.15) is 19.8 Å². The molecule has 19 nitrogen and oxygen atoms in total. The van der Waals surface area contributed by atoms with Gasteiger partial charge in [0.1, 0.15) is 79.4 Å². The molecule has 10 unspecified atom stereocenters. The standard InChI is InChI=1S/C28H48O19/c1-10-3-5-39-25(16(10)31)45-15-9-42-28(24(21(15)36)47-27-23(38)18(33)12(6-30)43-27)46-14-8-41-26(22(37)20(14)35)44-13-7-40-11(2-4-29)17(32)19(13)34/h10-38H,2-9H2,1H3/t10?,11-,12-,13+,14+,15+,16?,17?,18?,19?,20?,21?,22?,23?,24?,25-,26-,27-,28-/m0/s1. The minimum atomic E-state index is -1.73. The van der Waals surface area contributed by atoms with Gasteiger partial charge < -0.3 is 93.7 Å². The van der Waals surface area contributed by atoms with E-state index in [1.54, 1.807) is 0 Å². The molecular formula is C28H48O19. The fourth-order valence-corrected chi connectivity index (χ4v) is 6.18. The molecule has 0 aliphatic carbocycles. The minimum absolute atomic E-state index is 0.0880. The van der Waals surface area contributed by atoms with Crippen LogP contribution in [0, 0.1) is 5.92 Å². The Kier molecular flexibility index (Phi) is 13.2. The third-order valence-electron chi connectivity index (χ3n) is 9.28. The molecular weight excluding hydrogens is 640 g/mol. The van der Waals surface area contributed by atoms with Crippen molar-refractivity contribution in [2.24, 2.45) is 5.92 Å². The summed E-state index contributed by atoms with van der Waals surface area (Å²) in [7, 11) is 0. The van der Waals surface area contributed by atoms with Crippen molar-refractivity contribution in [3.05, 3.63) is 0 Å². The molecule has 5 saturated heterocycles. The van der Waals surface area contributed by atoms with Crippen molar-refractivity contribution in [3.63, 3.8) is 0 Å². The van der Waals surface area contributed by atoms with Crippen molar-refractivity contribution in [3.8, 4) is 0 Å². The number of aliphatic hydroxyl groups is 10. The molecule has 0 aromatic carbocycles. The van der Waals surface area contributed by atoms with Gasteiger partial charge in [0.05, 0.1) is 39.1 Å². The summed E-state index contributed by atoms with van der Waals surface area (Å²) in [5.41, 5.74) is 0. The highest BCUT2D eigenvalue weighted by atomic mass is 16.8. The van der Waals surface area contributed by atoms with Crippen LogP contribution >= 0.6 is 0 Å². The van der Waals surface area contributed by atoms with Crippen molar-refractivity contribution >= 4 is 0 Å². The van der Waals surface area contributed by atoms with E-state index in [2.05, 4.69) is 0 Å². The molecule has 5 heterocycles. The van der Waals surface area contributed by atoms with Crippen molar-refractivity contribution in [1.82, 2.24) is 0 Å². The molecule has 0 bridgehead atoms. The molecule has 274 valence electrons. The van der Waals surface area contributed by atoms with Crippen LogP contribution in [0.15, 0.2) is 0 Å². The van der Waals surface area contributed by atoms with Crippen molar-refractivity contribution in [2.45, 2.75) is 130 Å². The third-order valence-corrected chi connectivity index (χ3v) is 9.28. The van der Waals surface area contributed by atoms with Gasteiger partial charge in [0, 0.05) is 6.61 Å². The van der Waals surface area contributed by atoms with Gasteiger partial charge in [-0.2, -0.15) is 0 Å². The Morgan fingerprint density at radius 2 is 1.06 bits per heavy atom. The fourth-order valence-electron chi connectivity index (χ4n) is 6.18. The Bertz CT molecular complexity index is 965. The predicted octanol–water partition coefficient (Wildman–Crippen LogP) is -5.99. The molecule has 0 spiro atoms. The predicted molar refractivity (Wildman–Crippen MR) is 148 cm³/mol. The maximum atomic E-state index is 11.4.